The number of thiazole rings is 1. The molecule has 0 amide bonds. The molecule has 0 aliphatic heterocycles. The van der Waals surface area contributed by atoms with Gasteiger partial charge in [-0.15, -0.1) is 11.3 Å². The molecule has 0 aliphatic carbocycles. The quantitative estimate of drug-likeness (QED) is 0.630. The van der Waals surface area contributed by atoms with Gasteiger partial charge in [0.15, 0.2) is 0 Å². The Morgan fingerprint density at radius 2 is 1.71 bits per heavy atom. The molecule has 3 aromatic rings. The third-order valence-corrected chi connectivity index (χ3v) is 4.64. The number of aryl methyl sites for hydroxylation is 1. The van der Waals surface area contributed by atoms with E-state index in [1.54, 1.807) is 30.5 Å². The third-order valence-electron chi connectivity index (χ3n) is 3.74. The maximum atomic E-state index is 13.1. The van der Waals surface area contributed by atoms with E-state index in [1.165, 1.54) is 17.7 Å². The average molecular weight is 339 g/mol. The first-order chi connectivity index (χ1) is 11.6. The minimum atomic E-state index is -0.251. The predicted molar refractivity (Wildman–Crippen MR) is 98.0 cm³/mol. The first kappa shape index (κ1) is 16.3. The van der Waals surface area contributed by atoms with Crippen molar-refractivity contribution >= 4 is 17.0 Å². The lowest BCUT2D eigenvalue weighted by Gasteiger charge is -2.06. The Hall–Kier alpha value is -2.53. The highest BCUT2D eigenvalue weighted by atomic mass is 32.1. The summed E-state index contributed by atoms with van der Waals surface area (Å²) in [7, 11) is 1.75. The normalized spacial score (nSPS) is 12.7. The van der Waals surface area contributed by atoms with Gasteiger partial charge in [0.1, 0.15) is 5.82 Å². The van der Waals surface area contributed by atoms with Crippen molar-refractivity contribution in [2.24, 2.45) is 10.1 Å². The number of hydrogen-bond acceptors (Lipinski definition) is 3. The fourth-order valence-electron chi connectivity index (χ4n) is 2.37. The second kappa shape index (κ2) is 6.93. The summed E-state index contributed by atoms with van der Waals surface area (Å²) < 4.78 is 14.9. The molecule has 0 unspecified atom stereocenters. The molecular weight excluding hydrogens is 321 g/mol. The Kier molecular flexibility index (Phi) is 4.71. The molecule has 5 heteroatoms. The summed E-state index contributed by atoms with van der Waals surface area (Å²) in [5.41, 5.74) is 4.97. The molecule has 2 aromatic carbocycles. The Morgan fingerprint density at radius 1 is 1.04 bits per heavy atom. The van der Waals surface area contributed by atoms with Gasteiger partial charge in [0.05, 0.1) is 11.4 Å². The van der Waals surface area contributed by atoms with E-state index in [2.05, 4.69) is 41.6 Å². The molecule has 3 nitrogen and oxygen atoms in total. The lowest BCUT2D eigenvalue weighted by Crippen LogP contribution is -2.13. The van der Waals surface area contributed by atoms with E-state index in [1.807, 2.05) is 11.6 Å². The van der Waals surface area contributed by atoms with Gasteiger partial charge in [0, 0.05) is 18.0 Å². The van der Waals surface area contributed by atoms with E-state index in [0.29, 0.717) is 0 Å². The van der Waals surface area contributed by atoms with Crippen LogP contribution in [0.15, 0.2) is 64.0 Å². The van der Waals surface area contributed by atoms with Gasteiger partial charge in [-0.3, -0.25) is 4.99 Å². The van der Waals surface area contributed by atoms with Gasteiger partial charge in [-0.1, -0.05) is 42.0 Å². The van der Waals surface area contributed by atoms with Gasteiger partial charge in [-0.25, -0.2) is 9.07 Å². The van der Waals surface area contributed by atoms with Gasteiger partial charge in [-0.05, 0) is 31.5 Å². The first-order valence-electron chi connectivity index (χ1n) is 7.60. The van der Waals surface area contributed by atoms with Crippen LogP contribution in [0, 0.1) is 12.7 Å². The van der Waals surface area contributed by atoms with Crippen LogP contribution in [-0.4, -0.2) is 17.4 Å². The molecule has 0 saturated carbocycles. The first-order valence-corrected chi connectivity index (χ1v) is 8.48. The van der Waals surface area contributed by atoms with E-state index < -0.39 is 0 Å². The third kappa shape index (κ3) is 3.36. The number of nitrogens with zero attached hydrogens (tertiary/aromatic N) is 3. The van der Waals surface area contributed by atoms with E-state index >= 15 is 0 Å². The van der Waals surface area contributed by atoms with Crippen LogP contribution in [0.2, 0.25) is 0 Å². The van der Waals surface area contributed by atoms with E-state index in [0.717, 1.165) is 27.3 Å². The number of hydrogen-bond donors (Lipinski definition) is 0. The van der Waals surface area contributed by atoms with Crippen LogP contribution >= 0.6 is 11.3 Å². The highest BCUT2D eigenvalue weighted by molar-refractivity contribution is 7.07. The Bertz CT molecular complexity index is 932. The van der Waals surface area contributed by atoms with Crippen molar-refractivity contribution in [3.63, 3.8) is 0 Å². The fourth-order valence-corrected chi connectivity index (χ4v) is 3.17. The Morgan fingerprint density at radius 3 is 2.33 bits per heavy atom. The Balaban J connectivity index is 2.10. The molecule has 1 aromatic heterocycles. The molecule has 0 atom stereocenters. The lowest BCUT2D eigenvalue weighted by molar-refractivity contribution is 0.627. The summed E-state index contributed by atoms with van der Waals surface area (Å²) in [4.78, 5) is 5.12. The molecule has 0 N–H and O–H groups in total. The average Bonchev–Trinajstić information content (AvgIpc) is 2.98. The van der Waals surface area contributed by atoms with Crippen molar-refractivity contribution in [2.75, 3.05) is 7.05 Å². The summed E-state index contributed by atoms with van der Waals surface area (Å²) in [6.45, 7) is 3.98. The number of aromatic nitrogens is 1. The van der Waals surface area contributed by atoms with Gasteiger partial charge in [-0.2, -0.15) is 5.10 Å². The largest absolute Gasteiger partial charge is 0.261 e. The molecule has 122 valence electrons. The fraction of sp³-hybridized carbons (Fsp3) is 0.158. The van der Waals surface area contributed by atoms with Gasteiger partial charge < -0.3 is 0 Å². The molecule has 0 bridgehead atoms. The molecule has 1 heterocycles. The maximum absolute atomic E-state index is 13.1. The minimum absolute atomic E-state index is 0.251. The maximum Gasteiger partial charge on any atom is 0.205 e. The van der Waals surface area contributed by atoms with Crippen molar-refractivity contribution in [1.82, 2.24) is 4.68 Å². The van der Waals surface area contributed by atoms with E-state index in [-0.39, 0.29) is 5.82 Å². The summed E-state index contributed by atoms with van der Waals surface area (Å²) >= 11 is 1.54. The zero-order valence-electron chi connectivity index (χ0n) is 13.8. The van der Waals surface area contributed by atoms with Crippen molar-refractivity contribution < 1.29 is 4.39 Å². The van der Waals surface area contributed by atoms with Crippen LogP contribution in [0.4, 0.5) is 4.39 Å². The predicted octanol–water partition coefficient (Wildman–Crippen LogP) is 4.47. The molecule has 0 radical (unpaired) electrons. The van der Waals surface area contributed by atoms with Crippen molar-refractivity contribution in [3.8, 4) is 11.3 Å². The zero-order valence-corrected chi connectivity index (χ0v) is 14.6. The van der Waals surface area contributed by atoms with Crippen LogP contribution < -0.4 is 4.80 Å². The summed E-state index contributed by atoms with van der Waals surface area (Å²) in [5.74, 6) is -0.251. The monoisotopic (exact) mass is 339 g/mol. The van der Waals surface area contributed by atoms with Gasteiger partial charge >= 0.3 is 0 Å². The summed E-state index contributed by atoms with van der Waals surface area (Å²) in [6.07, 6.45) is 0. The van der Waals surface area contributed by atoms with Crippen molar-refractivity contribution in [1.29, 1.82) is 0 Å². The number of rotatable bonds is 3. The van der Waals surface area contributed by atoms with Crippen molar-refractivity contribution in [2.45, 2.75) is 13.8 Å². The molecule has 3 rings (SSSR count). The topological polar surface area (TPSA) is 29.6 Å². The standard InChI is InChI=1S/C19H18FN3S/c1-13-4-6-16(7-5-13)18-12-24-19(21-3)23(18)22-14(2)15-8-10-17(20)11-9-15/h4-12H,1-3H3. The highest BCUT2D eigenvalue weighted by Gasteiger charge is 2.08. The van der Waals surface area contributed by atoms with Crippen LogP contribution in [-0.2, 0) is 0 Å². The van der Waals surface area contributed by atoms with Crippen LogP contribution in [0.3, 0.4) is 0 Å². The van der Waals surface area contributed by atoms with Crippen LogP contribution in [0.5, 0.6) is 0 Å². The van der Waals surface area contributed by atoms with E-state index in [4.69, 9.17) is 5.10 Å². The molecule has 0 fully saturated rings. The van der Waals surface area contributed by atoms with Crippen LogP contribution in [0.1, 0.15) is 18.1 Å². The number of halogens is 1. The van der Waals surface area contributed by atoms with Crippen LogP contribution in [0.25, 0.3) is 11.3 Å². The van der Waals surface area contributed by atoms with Gasteiger partial charge in [0.25, 0.3) is 0 Å². The second-order valence-electron chi connectivity index (χ2n) is 5.50. The number of benzene rings is 2. The smallest absolute Gasteiger partial charge is 0.205 e. The zero-order chi connectivity index (χ0) is 17.1. The highest BCUT2D eigenvalue weighted by Crippen LogP contribution is 2.21. The Labute approximate surface area is 144 Å². The summed E-state index contributed by atoms with van der Waals surface area (Å²) in [6, 6.07) is 14.7. The SMILES string of the molecule is CN=c1scc(-c2ccc(C)cc2)n1N=C(C)c1ccc(F)cc1. The van der Waals surface area contributed by atoms with Gasteiger partial charge in [0.2, 0.25) is 4.80 Å². The molecule has 24 heavy (non-hydrogen) atoms. The van der Waals surface area contributed by atoms with Crippen molar-refractivity contribution in [3.05, 3.63) is 75.7 Å². The minimum Gasteiger partial charge on any atom is -0.261 e. The lowest BCUT2D eigenvalue weighted by atomic mass is 10.1. The second-order valence-corrected chi connectivity index (χ2v) is 6.33. The molecule has 0 spiro atoms. The molecule has 0 saturated heterocycles. The molecular formula is C19H18FN3S. The molecule has 0 aliphatic rings. The summed E-state index contributed by atoms with van der Waals surface area (Å²) in [5, 5.41) is 6.77. The van der Waals surface area contributed by atoms with E-state index in [9.17, 15) is 4.39 Å².